The lowest BCUT2D eigenvalue weighted by Crippen LogP contribution is -2.13. The van der Waals surface area contributed by atoms with Crippen LogP contribution >= 0.6 is 11.5 Å². The summed E-state index contributed by atoms with van der Waals surface area (Å²) in [5.74, 6) is 1.06. The van der Waals surface area contributed by atoms with Gasteiger partial charge in [-0.2, -0.15) is 14.2 Å². The molecular weight excluding hydrogens is 306 g/mol. The maximum Gasteiger partial charge on any atom is 0.252 e. The van der Waals surface area contributed by atoms with Crippen LogP contribution in [0.15, 0.2) is 27.3 Å². The van der Waals surface area contributed by atoms with Crippen molar-refractivity contribution in [3.05, 3.63) is 34.1 Å². The van der Waals surface area contributed by atoms with E-state index in [1.807, 2.05) is 0 Å². The van der Waals surface area contributed by atoms with Gasteiger partial charge in [0.1, 0.15) is 5.82 Å². The fraction of sp³-hybridized carbons (Fsp3) is 0.182. The minimum absolute atomic E-state index is 0.210. The molecule has 112 valence electrons. The number of hydrogen-bond acceptors (Lipinski definition) is 9. The molecule has 0 fully saturated rings. The largest absolute Gasteiger partial charge is 0.382 e. The van der Waals surface area contributed by atoms with Crippen molar-refractivity contribution in [2.45, 2.75) is 13.8 Å². The van der Waals surface area contributed by atoms with Crippen LogP contribution in [-0.2, 0) is 0 Å². The fourth-order valence-electron chi connectivity index (χ4n) is 1.71. The number of azo groups is 1. The maximum atomic E-state index is 11.3. The molecule has 10 nitrogen and oxygen atoms in total. The summed E-state index contributed by atoms with van der Waals surface area (Å²) in [4.78, 5) is 22.0. The van der Waals surface area contributed by atoms with Gasteiger partial charge >= 0.3 is 0 Å². The lowest BCUT2D eigenvalue weighted by molar-refractivity contribution is 0.799. The van der Waals surface area contributed by atoms with E-state index in [1.165, 1.54) is 16.9 Å². The number of H-pyrrole nitrogens is 1. The Bertz CT molecular complexity index is 906. The van der Waals surface area contributed by atoms with E-state index in [0.29, 0.717) is 22.3 Å². The molecule has 3 rings (SSSR count). The molecule has 0 aliphatic carbocycles. The molecule has 3 aromatic heterocycles. The third-order valence-corrected chi connectivity index (χ3v) is 3.37. The maximum absolute atomic E-state index is 11.3. The van der Waals surface area contributed by atoms with Gasteiger partial charge in [-0.05, 0) is 13.8 Å². The van der Waals surface area contributed by atoms with E-state index in [1.54, 1.807) is 13.8 Å². The first-order valence-corrected chi connectivity index (χ1v) is 6.95. The molecule has 0 bridgehead atoms. The minimum atomic E-state index is -0.301. The molecule has 11 heteroatoms. The summed E-state index contributed by atoms with van der Waals surface area (Å²) in [7, 11) is 0. The van der Waals surface area contributed by atoms with Crippen molar-refractivity contribution >= 4 is 28.2 Å². The molecule has 3 N–H and O–H groups in total. The number of nitrogens with two attached hydrogens (primary N) is 1. The molecule has 3 heterocycles. The summed E-state index contributed by atoms with van der Waals surface area (Å²) in [6.07, 6.45) is 1.37. The predicted octanol–water partition coefficient (Wildman–Crippen LogP) is 1.42. The van der Waals surface area contributed by atoms with Gasteiger partial charge in [0.15, 0.2) is 11.5 Å². The normalized spacial score (nSPS) is 11.4. The third-order valence-electron chi connectivity index (χ3n) is 2.67. The lowest BCUT2D eigenvalue weighted by Gasteiger charge is -2.00. The van der Waals surface area contributed by atoms with Crippen LogP contribution in [0.5, 0.6) is 0 Å². The van der Waals surface area contributed by atoms with E-state index >= 15 is 0 Å². The van der Waals surface area contributed by atoms with Gasteiger partial charge in [-0.15, -0.1) is 10.2 Å². The number of nitrogen functional groups attached to an aromatic ring is 1. The highest BCUT2D eigenvalue weighted by Gasteiger charge is 2.15. The van der Waals surface area contributed by atoms with Gasteiger partial charge < -0.3 is 5.73 Å². The zero-order valence-electron chi connectivity index (χ0n) is 11.7. The first-order chi connectivity index (χ1) is 10.5. The van der Waals surface area contributed by atoms with E-state index in [2.05, 4.69) is 34.7 Å². The Hall–Kier alpha value is -2.95. The quantitative estimate of drug-likeness (QED) is 0.700. The molecule has 0 radical (unpaired) electrons. The number of hydrogen-bond donors (Lipinski definition) is 2. The minimum Gasteiger partial charge on any atom is -0.382 e. The van der Waals surface area contributed by atoms with Gasteiger partial charge in [-0.3, -0.25) is 9.78 Å². The number of aromatic nitrogens is 6. The Morgan fingerprint density at radius 2 is 2.18 bits per heavy atom. The lowest BCUT2D eigenvalue weighted by atomic mass is 10.4. The molecule has 0 unspecified atom stereocenters. The smallest absolute Gasteiger partial charge is 0.252 e. The zero-order valence-corrected chi connectivity index (χ0v) is 12.5. The van der Waals surface area contributed by atoms with Crippen molar-refractivity contribution in [1.82, 2.24) is 29.1 Å². The summed E-state index contributed by atoms with van der Waals surface area (Å²) < 4.78 is 5.31. The van der Waals surface area contributed by atoms with Crippen molar-refractivity contribution < 1.29 is 0 Å². The Labute approximate surface area is 127 Å². The molecule has 0 amide bonds. The van der Waals surface area contributed by atoms with Gasteiger partial charge in [0, 0.05) is 23.8 Å². The second-order valence-electron chi connectivity index (χ2n) is 4.31. The molecule has 0 atom stereocenters. The summed E-state index contributed by atoms with van der Waals surface area (Å²) in [6, 6.07) is 1.30. The van der Waals surface area contributed by atoms with E-state index in [4.69, 9.17) is 5.73 Å². The van der Waals surface area contributed by atoms with E-state index < -0.39 is 0 Å². The van der Waals surface area contributed by atoms with Gasteiger partial charge in [0.25, 0.3) is 5.56 Å². The van der Waals surface area contributed by atoms with Crippen LogP contribution in [0.4, 0.5) is 16.6 Å². The van der Waals surface area contributed by atoms with Crippen LogP contribution in [0.2, 0.25) is 0 Å². The first kappa shape index (κ1) is 14.0. The Morgan fingerprint density at radius 1 is 1.36 bits per heavy atom. The van der Waals surface area contributed by atoms with Crippen LogP contribution in [-0.4, -0.2) is 29.1 Å². The van der Waals surface area contributed by atoms with Crippen LogP contribution in [0.3, 0.4) is 0 Å². The van der Waals surface area contributed by atoms with E-state index in [-0.39, 0.29) is 17.3 Å². The van der Waals surface area contributed by atoms with Gasteiger partial charge in [0.05, 0.1) is 5.69 Å². The van der Waals surface area contributed by atoms with Crippen molar-refractivity contribution in [3.63, 3.8) is 0 Å². The predicted molar refractivity (Wildman–Crippen MR) is 80.0 cm³/mol. The molecule has 3 aromatic rings. The topological polar surface area (TPSA) is 140 Å². The monoisotopic (exact) mass is 317 g/mol. The highest BCUT2D eigenvalue weighted by molar-refractivity contribution is 7.09. The first-order valence-electron chi connectivity index (χ1n) is 6.17. The molecule has 0 spiro atoms. The number of nitrogens with zero attached hydrogens (tertiary/aromatic N) is 7. The molecule has 0 aliphatic heterocycles. The highest BCUT2D eigenvalue weighted by Crippen LogP contribution is 2.29. The fourth-order valence-corrected chi connectivity index (χ4v) is 2.21. The number of rotatable bonds is 3. The Kier molecular flexibility index (Phi) is 3.47. The average molecular weight is 317 g/mol. The second-order valence-corrected chi connectivity index (χ2v) is 5.04. The van der Waals surface area contributed by atoms with Gasteiger partial charge in [-0.25, -0.2) is 9.97 Å². The van der Waals surface area contributed by atoms with Crippen LogP contribution < -0.4 is 11.3 Å². The Balaban J connectivity index is 2.00. The number of nitrogens with one attached hydrogen (secondary N) is 1. The SMILES string of the molecule is Cc1nsc(N=Nc2c(C)nn(-c3nccc(=O)[nH]3)c2N)n1. The number of aromatic amines is 1. The Morgan fingerprint density at radius 3 is 2.86 bits per heavy atom. The summed E-state index contributed by atoms with van der Waals surface area (Å²) in [5.41, 5.74) is 6.65. The molecule has 0 aliphatic rings. The van der Waals surface area contributed by atoms with E-state index in [9.17, 15) is 4.79 Å². The van der Waals surface area contributed by atoms with Crippen LogP contribution in [0, 0.1) is 13.8 Å². The average Bonchev–Trinajstić information content (AvgIpc) is 3.01. The molecule has 0 saturated heterocycles. The molecule has 0 saturated carbocycles. The van der Waals surface area contributed by atoms with Crippen LogP contribution in [0.1, 0.15) is 11.5 Å². The van der Waals surface area contributed by atoms with Gasteiger partial charge in [0.2, 0.25) is 11.1 Å². The van der Waals surface area contributed by atoms with Crippen molar-refractivity contribution in [2.75, 3.05) is 5.73 Å². The second kappa shape index (κ2) is 5.44. The standard InChI is InChI=1S/C11H11N9OS/c1-5-8(16-17-11-14-6(2)19-22-11)9(12)20(18-5)10-13-4-3-7(21)15-10/h3-4H,12H2,1-2H3,(H,13,15,21). The number of anilines is 1. The van der Waals surface area contributed by atoms with Crippen molar-refractivity contribution in [3.8, 4) is 5.95 Å². The number of aryl methyl sites for hydroxylation is 2. The summed E-state index contributed by atoms with van der Waals surface area (Å²) in [6.45, 7) is 3.50. The summed E-state index contributed by atoms with van der Waals surface area (Å²) >= 11 is 1.14. The van der Waals surface area contributed by atoms with Crippen LogP contribution in [0.25, 0.3) is 5.95 Å². The summed E-state index contributed by atoms with van der Waals surface area (Å²) in [5, 5.41) is 12.7. The van der Waals surface area contributed by atoms with E-state index in [0.717, 1.165) is 11.5 Å². The van der Waals surface area contributed by atoms with Crippen molar-refractivity contribution in [2.24, 2.45) is 10.2 Å². The molecule has 0 aromatic carbocycles. The third kappa shape index (κ3) is 2.61. The molecular formula is C11H11N9OS. The van der Waals surface area contributed by atoms with Gasteiger partial charge in [-0.1, -0.05) is 0 Å². The highest BCUT2D eigenvalue weighted by atomic mass is 32.1. The van der Waals surface area contributed by atoms with Crippen molar-refractivity contribution in [1.29, 1.82) is 0 Å². The molecule has 22 heavy (non-hydrogen) atoms. The zero-order chi connectivity index (χ0) is 15.7.